The first kappa shape index (κ1) is 13.9. The van der Waals surface area contributed by atoms with Gasteiger partial charge in [0.2, 0.25) is 0 Å². The number of benzene rings is 1. The fraction of sp³-hybridized carbons (Fsp3) is 0.533. The normalized spacial score (nSPS) is 24.2. The molecule has 1 fully saturated rings. The van der Waals surface area contributed by atoms with Gasteiger partial charge in [-0.1, -0.05) is 25.1 Å². The van der Waals surface area contributed by atoms with Gasteiger partial charge in [0, 0.05) is 19.2 Å². The number of rotatable bonds is 3. The van der Waals surface area contributed by atoms with Crippen LogP contribution in [0.15, 0.2) is 24.3 Å². The molecule has 1 N–H and O–H groups in total. The summed E-state index contributed by atoms with van der Waals surface area (Å²) in [6, 6.07) is 6.93. The van der Waals surface area contributed by atoms with Gasteiger partial charge >= 0.3 is 0 Å². The van der Waals surface area contributed by atoms with Gasteiger partial charge in [-0.3, -0.25) is 4.79 Å². The summed E-state index contributed by atoms with van der Waals surface area (Å²) in [6.45, 7) is 4.59. The van der Waals surface area contributed by atoms with Crippen LogP contribution in [-0.2, 0) is 9.53 Å². The number of phenols is 1. The van der Waals surface area contributed by atoms with Crippen LogP contribution in [0.1, 0.15) is 31.9 Å². The second-order valence-corrected chi connectivity index (χ2v) is 5.24. The summed E-state index contributed by atoms with van der Waals surface area (Å²) in [6.07, 6.45) is 0.577. The number of hydrogen-bond donors (Lipinski definition) is 1. The Morgan fingerprint density at radius 1 is 1.47 bits per heavy atom. The molecule has 1 aliphatic heterocycles. The van der Waals surface area contributed by atoms with Crippen LogP contribution in [0.3, 0.4) is 0 Å². The topological polar surface area (TPSA) is 49.8 Å². The van der Waals surface area contributed by atoms with Gasteiger partial charge in [-0.2, -0.15) is 0 Å². The highest BCUT2D eigenvalue weighted by Crippen LogP contribution is 2.29. The summed E-state index contributed by atoms with van der Waals surface area (Å²) in [5, 5.41) is 9.86. The average molecular weight is 263 g/mol. The minimum absolute atomic E-state index is 0.0132. The number of nitrogens with zero attached hydrogens (tertiary/aromatic N) is 1. The Labute approximate surface area is 114 Å². The largest absolute Gasteiger partial charge is 0.508 e. The molecule has 3 atom stereocenters. The molecule has 2 rings (SSSR count). The van der Waals surface area contributed by atoms with E-state index in [2.05, 4.69) is 0 Å². The number of phenolic OH excluding ortho intramolecular Hbond substituents is 1. The Balaban J connectivity index is 2.13. The molecule has 1 aromatic rings. The Hall–Kier alpha value is -1.55. The third-order valence-electron chi connectivity index (χ3n) is 3.95. The Morgan fingerprint density at radius 3 is 2.74 bits per heavy atom. The highest BCUT2D eigenvalue weighted by atomic mass is 16.5. The lowest BCUT2D eigenvalue weighted by molar-refractivity contribution is -0.143. The van der Waals surface area contributed by atoms with E-state index < -0.39 is 0 Å². The van der Waals surface area contributed by atoms with Crippen LogP contribution >= 0.6 is 0 Å². The molecule has 1 aromatic carbocycles. The van der Waals surface area contributed by atoms with E-state index in [1.807, 2.05) is 26.0 Å². The van der Waals surface area contributed by atoms with E-state index in [0.29, 0.717) is 6.61 Å². The maximum atomic E-state index is 12.4. The summed E-state index contributed by atoms with van der Waals surface area (Å²) >= 11 is 0. The first-order valence-electron chi connectivity index (χ1n) is 6.68. The summed E-state index contributed by atoms with van der Waals surface area (Å²) < 4.78 is 5.51. The van der Waals surface area contributed by atoms with Crippen molar-refractivity contribution in [2.45, 2.75) is 32.4 Å². The van der Waals surface area contributed by atoms with Crippen LogP contribution < -0.4 is 0 Å². The summed E-state index contributed by atoms with van der Waals surface area (Å²) in [5.41, 5.74) is 0.754. The van der Waals surface area contributed by atoms with Gasteiger partial charge in [-0.15, -0.1) is 0 Å². The van der Waals surface area contributed by atoms with Crippen molar-refractivity contribution in [1.82, 2.24) is 4.90 Å². The second kappa shape index (κ2) is 5.61. The van der Waals surface area contributed by atoms with Crippen molar-refractivity contribution in [3.05, 3.63) is 29.8 Å². The summed E-state index contributed by atoms with van der Waals surface area (Å²) in [7, 11) is 1.76. The number of amides is 1. The Bertz CT molecular complexity index is 460. The first-order chi connectivity index (χ1) is 9.02. The van der Waals surface area contributed by atoms with Crippen molar-refractivity contribution < 1.29 is 14.6 Å². The van der Waals surface area contributed by atoms with Gasteiger partial charge in [-0.25, -0.2) is 0 Å². The minimum Gasteiger partial charge on any atom is -0.508 e. The maximum Gasteiger partial charge on any atom is 0.252 e. The zero-order chi connectivity index (χ0) is 14.0. The Morgan fingerprint density at radius 2 is 2.16 bits per heavy atom. The first-order valence-corrected chi connectivity index (χ1v) is 6.68. The zero-order valence-corrected chi connectivity index (χ0v) is 11.7. The van der Waals surface area contributed by atoms with Crippen LogP contribution in [0.25, 0.3) is 0 Å². The van der Waals surface area contributed by atoms with E-state index in [1.165, 1.54) is 0 Å². The molecule has 3 unspecified atom stereocenters. The van der Waals surface area contributed by atoms with Crippen LogP contribution in [0.4, 0.5) is 0 Å². The van der Waals surface area contributed by atoms with E-state index in [1.54, 1.807) is 24.1 Å². The number of aromatic hydroxyl groups is 1. The molecule has 104 valence electrons. The fourth-order valence-electron chi connectivity index (χ4n) is 2.45. The molecule has 1 heterocycles. The van der Waals surface area contributed by atoms with E-state index in [9.17, 15) is 9.90 Å². The van der Waals surface area contributed by atoms with E-state index >= 15 is 0 Å². The molecule has 1 saturated heterocycles. The van der Waals surface area contributed by atoms with Gasteiger partial charge in [-0.05, 0) is 25.3 Å². The van der Waals surface area contributed by atoms with Crippen molar-refractivity contribution in [1.29, 1.82) is 0 Å². The predicted molar refractivity (Wildman–Crippen MR) is 72.8 cm³/mol. The lowest BCUT2D eigenvalue weighted by atomic mass is 10.0. The average Bonchev–Trinajstić information content (AvgIpc) is 2.83. The maximum absolute atomic E-state index is 12.4. The Kier molecular flexibility index (Phi) is 4.10. The molecular formula is C15H21NO3. The molecule has 0 aliphatic carbocycles. The molecule has 0 saturated carbocycles. The molecule has 1 aliphatic rings. The number of hydrogen-bond acceptors (Lipinski definition) is 3. The minimum atomic E-state index is -0.349. The molecule has 4 nitrogen and oxygen atoms in total. The highest BCUT2D eigenvalue weighted by molar-refractivity contribution is 5.81. The lowest BCUT2D eigenvalue weighted by Gasteiger charge is -2.29. The number of para-hydroxylation sites is 1. The monoisotopic (exact) mass is 263 g/mol. The third kappa shape index (κ3) is 2.73. The van der Waals surface area contributed by atoms with Crippen LogP contribution in [0.2, 0.25) is 0 Å². The van der Waals surface area contributed by atoms with Gasteiger partial charge in [0.15, 0.2) is 0 Å². The lowest BCUT2D eigenvalue weighted by Crippen LogP contribution is -2.40. The number of likely N-dealkylation sites (N-methyl/N-ethyl adjacent to an activating group) is 1. The van der Waals surface area contributed by atoms with E-state index in [-0.39, 0.29) is 29.7 Å². The van der Waals surface area contributed by atoms with E-state index in [0.717, 1.165) is 12.0 Å². The number of carbonyl (C=O) groups excluding carboxylic acids is 1. The number of carbonyl (C=O) groups is 1. The van der Waals surface area contributed by atoms with Crippen molar-refractivity contribution in [2.75, 3.05) is 13.7 Å². The molecule has 0 aromatic heterocycles. The highest BCUT2D eigenvalue weighted by Gasteiger charge is 2.34. The van der Waals surface area contributed by atoms with Crippen LogP contribution in [0, 0.1) is 5.92 Å². The molecule has 0 spiro atoms. The summed E-state index contributed by atoms with van der Waals surface area (Å²) in [5.74, 6) is 0.460. The van der Waals surface area contributed by atoms with Crippen molar-refractivity contribution in [2.24, 2.45) is 5.92 Å². The van der Waals surface area contributed by atoms with Gasteiger partial charge in [0.1, 0.15) is 11.9 Å². The van der Waals surface area contributed by atoms with Crippen molar-refractivity contribution >= 4 is 5.91 Å². The molecule has 19 heavy (non-hydrogen) atoms. The molecule has 0 bridgehead atoms. The second-order valence-electron chi connectivity index (χ2n) is 5.24. The predicted octanol–water partition coefficient (Wildman–Crippen LogP) is 2.34. The van der Waals surface area contributed by atoms with Gasteiger partial charge in [0.05, 0.1) is 6.04 Å². The van der Waals surface area contributed by atoms with Gasteiger partial charge in [0.25, 0.3) is 5.91 Å². The smallest absolute Gasteiger partial charge is 0.252 e. The number of ether oxygens (including phenoxy) is 1. The standard InChI is InChI=1S/C15H21NO3/c1-10-8-9-19-14(10)15(18)16(3)11(2)12-6-4-5-7-13(12)17/h4-7,10-11,14,17H,8-9H2,1-3H3. The van der Waals surface area contributed by atoms with Crippen molar-refractivity contribution in [3.63, 3.8) is 0 Å². The quantitative estimate of drug-likeness (QED) is 0.910. The van der Waals surface area contributed by atoms with Crippen molar-refractivity contribution in [3.8, 4) is 5.75 Å². The fourth-order valence-corrected chi connectivity index (χ4v) is 2.45. The summed E-state index contributed by atoms with van der Waals surface area (Å²) in [4.78, 5) is 14.1. The van der Waals surface area contributed by atoms with Crippen LogP contribution in [0.5, 0.6) is 5.75 Å². The third-order valence-corrected chi connectivity index (χ3v) is 3.95. The zero-order valence-electron chi connectivity index (χ0n) is 11.7. The van der Waals surface area contributed by atoms with Crippen LogP contribution in [-0.4, -0.2) is 35.7 Å². The molecule has 0 radical (unpaired) electrons. The molecular weight excluding hydrogens is 242 g/mol. The molecule has 4 heteroatoms. The SMILES string of the molecule is CC1CCOC1C(=O)N(C)C(C)c1ccccc1O. The molecule has 1 amide bonds. The van der Waals surface area contributed by atoms with Gasteiger partial charge < -0.3 is 14.7 Å². The van der Waals surface area contributed by atoms with E-state index in [4.69, 9.17) is 4.74 Å².